The largest absolute Gasteiger partial charge is 0.495 e. The van der Waals surface area contributed by atoms with Crippen molar-refractivity contribution in [3.05, 3.63) is 23.8 Å². The summed E-state index contributed by atoms with van der Waals surface area (Å²) in [6.45, 7) is 1.80. The molecule has 1 N–H and O–H groups in total. The molecule has 1 heterocycles. The molecule has 28 heavy (non-hydrogen) atoms. The van der Waals surface area contributed by atoms with Crippen LogP contribution >= 0.6 is 0 Å². The summed E-state index contributed by atoms with van der Waals surface area (Å²) in [5.74, 6) is 0.00231. The molecule has 0 aliphatic carbocycles. The van der Waals surface area contributed by atoms with Crippen LogP contribution in [0.4, 0.5) is 0 Å². The Kier molecular flexibility index (Phi) is 7.82. The van der Waals surface area contributed by atoms with Gasteiger partial charge in [-0.15, -0.1) is 0 Å². The number of carbonyl (C=O) groups excluding carboxylic acids is 2. The number of amides is 2. The highest BCUT2D eigenvalue weighted by Gasteiger charge is 2.24. The van der Waals surface area contributed by atoms with Gasteiger partial charge in [-0.2, -0.15) is 0 Å². The summed E-state index contributed by atoms with van der Waals surface area (Å²) < 4.78 is 31.1. The lowest BCUT2D eigenvalue weighted by molar-refractivity contribution is -0.130. The Morgan fingerprint density at radius 2 is 2.00 bits per heavy atom. The van der Waals surface area contributed by atoms with Crippen molar-refractivity contribution in [1.29, 1.82) is 0 Å². The van der Waals surface area contributed by atoms with E-state index >= 15 is 0 Å². The van der Waals surface area contributed by atoms with E-state index in [1.54, 1.807) is 0 Å². The van der Waals surface area contributed by atoms with E-state index in [1.165, 1.54) is 39.4 Å². The number of methoxy groups -OCH3 is 1. The van der Waals surface area contributed by atoms with Crippen molar-refractivity contribution >= 4 is 21.8 Å². The van der Waals surface area contributed by atoms with Gasteiger partial charge in [0.2, 0.25) is 15.9 Å². The minimum absolute atomic E-state index is 0.0530. The molecule has 2 rings (SSSR count). The van der Waals surface area contributed by atoms with Crippen molar-refractivity contribution in [2.75, 3.05) is 40.8 Å². The number of benzene rings is 1. The SMILES string of the molecule is COc1ccc(C(=O)NCCCN2CCCCCC2=O)cc1S(=O)(=O)N(C)C. The first-order valence-electron chi connectivity index (χ1n) is 9.44. The first-order valence-corrected chi connectivity index (χ1v) is 10.9. The van der Waals surface area contributed by atoms with Crippen LogP contribution in [0.5, 0.6) is 5.75 Å². The fraction of sp³-hybridized carbons (Fsp3) is 0.579. The molecule has 1 aliphatic rings. The number of sulfonamides is 1. The average Bonchev–Trinajstić information content (AvgIpc) is 2.88. The molecule has 0 bridgehead atoms. The smallest absolute Gasteiger partial charge is 0.251 e. The summed E-state index contributed by atoms with van der Waals surface area (Å²) in [7, 11) is 0.487. The number of hydrogen-bond acceptors (Lipinski definition) is 5. The van der Waals surface area contributed by atoms with Crippen molar-refractivity contribution in [1.82, 2.24) is 14.5 Å². The van der Waals surface area contributed by atoms with Gasteiger partial charge >= 0.3 is 0 Å². The van der Waals surface area contributed by atoms with E-state index in [2.05, 4.69) is 5.32 Å². The van der Waals surface area contributed by atoms with Crippen molar-refractivity contribution in [3.63, 3.8) is 0 Å². The predicted molar refractivity (Wildman–Crippen MR) is 106 cm³/mol. The molecule has 1 saturated heterocycles. The molecule has 9 heteroatoms. The zero-order chi connectivity index (χ0) is 20.7. The van der Waals surface area contributed by atoms with Gasteiger partial charge in [0.05, 0.1) is 7.11 Å². The van der Waals surface area contributed by atoms with Gasteiger partial charge in [0.15, 0.2) is 0 Å². The number of ether oxygens (including phenoxy) is 1. The number of nitrogens with zero attached hydrogens (tertiary/aromatic N) is 2. The van der Waals surface area contributed by atoms with Gasteiger partial charge in [-0.1, -0.05) is 6.42 Å². The highest BCUT2D eigenvalue weighted by Crippen LogP contribution is 2.26. The maximum Gasteiger partial charge on any atom is 0.251 e. The first kappa shape index (κ1) is 22.2. The van der Waals surface area contributed by atoms with Gasteiger partial charge in [-0.3, -0.25) is 9.59 Å². The second-order valence-corrected chi connectivity index (χ2v) is 9.07. The third kappa shape index (κ3) is 5.45. The number of hydrogen-bond donors (Lipinski definition) is 1. The van der Waals surface area contributed by atoms with E-state index in [4.69, 9.17) is 4.74 Å². The van der Waals surface area contributed by atoms with E-state index < -0.39 is 10.0 Å². The van der Waals surface area contributed by atoms with Gasteiger partial charge in [0, 0.05) is 45.7 Å². The monoisotopic (exact) mass is 411 g/mol. The fourth-order valence-corrected chi connectivity index (χ4v) is 4.14. The van der Waals surface area contributed by atoms with Crippen LogP contribution in [0.15, 0.2) is 23.1 Å². The summed E-state index contributed by atoms with van der Waals surface area (Å²) in [4.78, 5) is 26.2. The lowest BCUT2D eigenvalue weighted by atomic mass is 10.2. The van der Waals surface area contributed by atoms with E-state index in [-0.39, 0.29) is 28.0 Å². The Morgan fingerprint density at radius 3 is 2.68 bits per heavy atom. The number of likely N-dealkylation sites (tertiary alicyclic amines) is 1. The average molecular weight is 412 g/mol. The van der Waals surface area contributed by atoms with Gasteiger partial charge in [0.1, 0.15) is 10.6 Å². The Balaban J connectivity index is 1.98. The molecule has 8 nitrogen and oxygen atoms in total. The molecule has 0 radical (unpaired) electrons. The summed E-state index contributed by atoms with van der Waals surface area (Å²) in [6.07, 6.45) is 4.29. The Bertz CT molecular complexity index is 808. The van der Waals surface area contributed by atoms with Crippen LogP contribution in [-0.2, 0) is 14.8 Å². The van der Waals surface area contributed by atoms with Gasteiger partial charge in [0.25, 0.3) is 5.91 Å². The van der Waals surface area contributed by atoms with Crippen LogP contribution < -0.4 is 10.1 Å². The zero-order valence-corrected chi connectivity index (χ0v) is 17.5. The summed E-state index contributed by atoms with van der Waals surface area (Å²) in [5, 5.41) is 2.79. The normalized spacial score (nSPS) is 15.4. The minimum Gasteiger partial charge on any atom is -0.495 e. The molecule has 0 aromatic heterocycles. The first-order chi connectivity index (χ1) is 13.3. The summed E-state index contributed by atoms with van der Waals surface area (Å²) in [5.41, 5.74) is 0.243. The van der Waals surface area contributed by atoms with Crippen molar-refractivity contribution in [2.45, 2.75) is 37.0 Å². The van der Waals surface area contributed by atoms with E-state index in [1.807, 2.05) is 4.90 Å². The Hall–Kier alpha value is -2.13. The standard InChI is InChI=1S/C19H29N3O5S/c1-21(2)28(25,26)17-14-15(9-10-16(17)27-3)19(24)20-11-7-13-22-12-6-4-5-8-18(22)23/h9-10,14H,4-8,11-13H2,1-3H3,(H,20,24). The molecular weight excluding hydrogens is 382 g/mol. The Morgan fingerprint density at radius 1 is 1.25 bits per heavy atom. The molecular formula is C19H29N3O5S. The minimum atomic E-state index is -3.74. The second kappa shape index (κ2) is 9.88. The predicted octanol–water partition coefficient (Wildman–Crippen LogP) is 1.47. The number of nitrogens with one attached hydrogen (secondary N) is 1. The topological polar surface area (TPSA) is 96.0 Å². The maximum atomic E-state index is 12.5. The lowest BCUT2D eigenvalue weighted by Crippen LogP contribution is -2.34. The molecule has 0 saturated carbocycles. The molecule has 1 aromatic carbocycles. The van der Waals surface area contributed by atoms with Crippen LogP contribution in [0.3, 0.4) is 0 Å². The number of rotatable bonds is 8. The lowest BCUT2D eigenvalue weighted by Gasteiger charge is -2.20. The molecule has 156 valence electrons. The number of carbonyl (C=O) groups is 2. The second-order valence-electron chi connectivity index (χ2n) is 6.95. The van der Waals surface area contributed by atoms with Crippen LogP contribution in [0.2, 0.25) is 0 Å². The maximum absolute atomic E-state index is 12.5. The highest BCUT2D eigenvalue weighted by atomic mass is 32.2. The molecule has 1 aliphatic heterocycles. The molecule has 1 fully saturated rings. The van der Waals surface area contributed by atoms with E-state index in [0.29, 0.717) is 25.9 Å². The summed E-state index contributed by atoms with van der Waals surface area (Å²) in [6, 6.07) is 4.32. The van der Waals surface area contributed by atoms with Gasteiger partial charge < -0.3 is 15.0 Å². The van der Waals surface area contributed by atoms with Crippen LogP contribution in [0, 0.1) is 0 Å². The summed E-state index contributed by atoms with van der Waals surface area (Å²) >= 11 is 0. The fourth-order valence-electron chi connectivity index (χ4n) is 3.07. The molecule has 2 amide bonds. The van der Waals surface area contributed by atoms with Gasteiger partial charge in [-0.05, 0) is 37.5 Å². The Labute approximate surface area is 166 Å². The zero-order valence-electron chi connectivity index (χ0n) is 16.7. The molecule has 0 unspecified atom stereocenters. The molecule has 0 atom stereocenters. The van der Waals surface area contributed by atoms with E-state index in [9.17, 15) is 18.0 Å². The van der Waals surface area contributed by atoms with E-state index in [0.717, 1.165) is 30.1 Å². The molecule has 0 spiro atoms. The third-order valence-corrected chi connectivity index (χ3v) is 6.58. The third-order valence-electron chi connectivity index (χ3n) is 4.75. The van der Waals surface area contributed by atoms with Gasteiger partial charge in [-0.25, -0.2) is 12.7 Å². The highest BCUT2D eigenvalue weighted by molar-refractivity contribution is 7.89. The quantitative estimate of drug-likeness (QED) is 0.654. The van der Waals surface area contributed by atoms with Crippen LogP contribution in [0.1, 0.15) is 42.5 Å². The van der Waals surface area contributed by atoms with Crippen molar-refractivity contribution in [2.24, 2.45) is 0 Å². The van der Waals surface area contributed by atoms with Crippen molar-refractivity contribution < 1.29 is 22.7 Å². The molecule has 1 aromatic rings. The van der Waals surface area contributed by atoms with Crippen LogP contribution in [-0.4, -0.2) is 70.3 Å². The van der Waals surface area contributed by atoms with Crippen LogP contribution in [0.25, 0.3) is 0 Å². The van der Waals surface area contributed by atoms with Crippen molar-refractivity contribution in [3.8, 4) is 5.75 Å².